The molecular formula is C12H16FN3O3S. The van der Waals surface area contributed by atoms with Gasteiger partial charge < -0.3 is 5.73 Å². The molecule has 1 aromatic heterocycles. The maximum absolute atomic E-state index is 13.5. The predicted octanol–water partition coefficient (Wildman–Crippen LogP) is 0.543. The molecule has 1 heterocycles. The molecule has 8 heteroatoms. The molecule has 0 atom stereocenters. The zero-order chi connectivity index (χ0) is 14.8. The number of carbonyl (C=O) groups is 1. The molecule has 0 spiro atoms. The van der Waals surface area contributed by atoms with Crippen LogP contribution in [0.25, 0.3) is 0 Å². The summed E-state index contributed by atoms with van der Waals surface area (Å²) in [4.78, 5) is 14.6. The molecule has 1 amide bonds. The van der Waals surface area contributed by atoms with E-state index >= 15 is 0 Å². The fraction of sp³-hybridized carbons (Fsp3) is 0.500. The minimum Gasteiger partial charge on any atom is -0.369 e. The number of hydrogen-bond acceptors (Lipinski definition) is 4. The number of sulfonamides is 1. The van der Waals surface area contributed by atoms with Crippen LogP contribution in [0.4, 0.5) is 4.39 Å². The smallest absolute Gasteiger partial charge is 0.261 e. The van der Waals surface area contributed by atoms with E-state index in [4.69, 9.17) is 5.73 Å². The fourth-order valence-corrected chi connectivity index (χ4v) is 3.65. The van der Waals surface area contributed by atoms with Gasteiger partial charge >= 0.3 is 0 Å². The lowest BCUT2D eigenvalue weighted by Gasteiger charge is -2.26. The van der Waals surface area contributed by atoms with Crippen molar-refractivity contribution < 1.29 is 17.6 Å². The lowest BCUT2D eigenvalue weighted by molar-refractivity contribution is -0.122. The summed E-state index contributed by atoms with van der Waals surface area (Å²) >= 11 is 0. The van der Waals surface area contributed by atoms with Gasteiger partial charge in [-0.05, 0) is 37.8 Å². The van der Waals surface area contributed by atoms with Crippen LogP contribution in [0.5, 0.6) is 0 Å². The highest BCUT2D eigenvalue weighted by molar-refractivity contribution is 7.89. The van der Waals surface area contributed by atoms with Crippen molar-refractivity contribution in [1.29, 1.82) is 0 Å². The number of nitrogens with two attached hydrogens (primary N) is 1. The van der Waals surface area contributed by atoms with Crippen LogP contribution in [0.15, 0.2) is 23.4 Å². The quantitative estimate of drug-likeness (QED) is 0.847. The highest BCUT2D eigenvalue weighted by Crippen LogP contribution is 2.25. The summed E-state index contributed by atoms with van der Waals surface area (Å²) < 4.78 is 40.0. The van der Waals surface area contributed by atoms with Crippen LogP contribution in [0.3, 0.4) is 0 Å². The van der Waals surface area contributed by atoms with Crippen molar-refractivity contribution in [3.8, 4) is 0 Å². The Kier molecular flexibility index (Phi) is 4.34. The van der Waals surface area contributed by atoms with Gasteiger partial charge in [-0.1, -0.05) is 0 Å². The molecule has 0 bridgehead atoms. The van der Waals surface area contributed by atoms with Gasteiger partial charge in [-0.15, -0.1) is 0 Å². The molecule has 6 nitrogen and oxygen atoms in total. The van der Waals surface area contributed by atoms with Gasteiger partial charge in [0.25, 0.3) is 10.0 Å². The van der Waals surface area contributed by atoms with Crippen molar-refractivity contribution >= 4 is 15.9 Å². The van der Waals surface area contributed by atoms with Crippen molar-refractivity contribution in [3.63, 3.8) is 0 Å². The van der Waals surface area contributed by atoms with Crippen LogP contribution in [0.1, 0.15) is 25.7 Å². The van der Waals surface area contributed by atoms with E-state index in [-0.39, 0.29) is 17.9 Å². The molecule has 1 aromatic rings. The van der Waals surface area contributed by atoms with Crippen molar-refractivity contribution in [2.45, 2.75) is 36.8 Å². The predicted molar refractivity (Wildman–Crippen MR) is 69.5 cm³/mol. The second-order valence-electron chi connectivity index (χ2n) is 4.86. The monoisotopic (exact) mass is 301 g/mol. The van der Waals surface area contributed by atoms with Gasteiger partial charge in [0.15, 0.2) is 5.82 Å². The molecule has 1 aliphatic rings. The van der Waals surface area contributed by atoms with Crippen LogP contribution < -0.4 is 10.5 Å². The highest BCUT2D eigenvalue weighted by Gasteiger charge is 2.29. The normalized spacial score (nSPS) is 23.4. The number of pyridine rings is 1. The summed E-state index contributed by atoms with van der Waals surface area (Å²) in [6, 6.07) is 2.05. The molecule has 110 valence electrons. The molecule has 1 fully saturated rings. The van der Waals surface area contributed by atoms with Crippen LogP contribution in [-0.2, 0) is 14.8 Å². The summed E-state index contributed by atoms with van der Waals surface area (Å²) in [5.74, 6) is -1.45. The molecule has 1 saturated carbocycles. The molecule has 2 rings (SSSR count). The van der Waals surface area contributed by atoms with Gasteiger partial charge in [-0.2, -0.15) is 0 Å². The van der Waals surface area contributed by atoms with Crippen molar-refractivity contribution in [2.75, 3.05) is 0 Å². The summed E-state index contributed by atoms with van der Waals surface area (Å²) in [6.07, 6.45) is 3.30. The molecule has 20 heavy (non-hydrogen) atoms. The summed E-state index contributed by atoms with van der Waals surface area (Å²) in [5.41, 5.74) is 5.21. The standard InChI is InChI=1S/C12H16FN3O3S/c13-10-2-1-7-15-12(10)20(18,19)16-9-5-3-8(4-6-9)11(14)17/h1-2,7-9,16H,3-6H2,(H2,14,17). The first-order valence-electron chi connectivity index (χ1n) is 6.32. The third kappa shape index (κ3) is 3.31. The third-order valence-corrected chi connectivity index (χ3v) is 4.88. The Morgan fingerprint density at radius 3 is 2.55 bits per heavy atom. The van der Waals surface area contributed by atoms with E-state index in [9.17, 15) is 17.6 Å². The van der Waals surface area contributed by atoms with Crippen LogP contribution in [0.2, 0.25) is 0 Å². The van der Waals surface area contributed by atoms with Crippen LogP contribution in [-0.4, -0.2) is 25.4 Å². The topological polar surface area (TPSA) is 102 Å². The number of nitrogens with one attached hydrogen (secondary N) is 1. The van der Waals surface area contributed by atoms with Crippen molar-refractivity contribution in [1.82, 2.24) is 9.71 Å². The Morgan fingerprint density at radius 1 is 1.35 bits per heavy atom. The summed E-state index contributed by atoms with van der Waals surface area (Å²) in [5, 5.41) is -0.600. The Bertz CT molecular complexity index is 598. The Balaban J connectivity index is 2.04. The highest BCUT2D eigenvalue weighted by atomic mass is 32.2. The maximum Gasteiger partial charge on any atom is 0.261 e. The number of hydrogen-bond donors (Lipinski definition) is 2. The zero-order valence-electron chi connectivity index (χ0n) is 10.8. The fourth-order valence-electron chi connectivity index (χ4n) is 2.34. The average Bonchev–Trinajstić information content (AvgIpc) is 2.39. The van der Waals surface area contributed by atoms with E-state index in [2.05, 4.69) is 9.71 Å². The first kappa shape index (κ1) is 14.9. The van der Waals surface area contributed by atoms with E-state index in [0.29, 0.717) is 25.7 Å². The van der Waals surface area contributed by atoms with Gasteiger partial charge in [0.1, 0.15) is 0 Å². The average molecular weight is 301 g/mol. The Morgan fingerprint density at radius 2 is 2.00 bits per heavy atom. The summed E-state index contributed by atoms with van der Waals surface area (Å²) in [6.45, 7) is 0. The van der Waals surface area contributed by atoms with Gasteiger partial charge in [0, 0.05) is 18.2 Å². The first-order valence-corrected chi connectivity index (χ1v) is 7.80. The van der Waals surface area contributed by atoms with Gasteiger partial charge in [0.2, 0.25) is 10.9 Å². The number of amides is 1. The SMILES string of the molecule is NC(=O)C1CCC(NS(=O)(=O)c2ncccc2F)CC1. The number of primary amides is 1. The van der Waals surface area contributed by atoms with Gasteiger partial charge in [0.05, 0.1) is 0 Å². The van der Waals surface area contributed by atoms with E-state index in [1.165, 1.54) is 12.3 Å². The molecule has 0 saturated heterocycles. The minimum absolute atomic E-state index is 0.206. The number of rotatable bonds is 4. The van der Waals surface area contributed by atoms with Crippen LogP contribution >= 0.6 is 0 Å². The maximum atomic E-state index is 13.5. The molecule has 0 aliphatic heterocycles. The molecule has 1 aliphatic carbocycles. The minimum atomic E-state index is -3.98. The van der Waals surface area contributed by atoms with E-state index in [1.807, 2.05) is 0 Å². The van der Waals surface area contributed by atoms with Gasteiger partial charge in [-0.3, -0.25) is 4.79 Å². The molecule has 0 radical (unpaired) electrons. The molecule has 0 aromatic carbocycles. The second kappa shape index (κ2) is 5.84. The van der Waals surface area contributed by atoms with E-state index < -0.39 is 20.9 Å². The first-order chi connectivity index (χ1) is 9.40. The Labute approximate surface area is 116 Å². The molecule has 0 unspecified atom stereocenters. The lowest BCUT2D eigenvalue weighted by atomic mass is 9.86. The number of nitrogens with zero attached hydrogens (tertiary/aromatic N) is 1. The van der Waals surface area contributed by atoms with E-state index in [1.54, 1.807) is 0 Å². The zero-order valence-corrected chi connectivity index (χ0v) is 11.6. The Hall–Kier alpha value is -1.54. The van der Waals surface area contributed by atoms with Crippen molar-refractivity contribution in [3.05, 3.63) is 24.1 Å². The van der Waals surface area contributed by atoms with Crippen LogP contribution in [0, 0.1) is 11.7 Å². The van der Waals surface area contributed by atoms with E-state index in [0.717, 1.165) is 6.07 Å². The second-order valence-corrected chi connectivity index (χ2v) is 6.49. The molecular weight excluding hydrogens is 285 g/mol. The molecule has 3 N–H and O–H groups in total. The summed E-state index contributed by atoms with van der Waals surface area (Å²) in [7, 11) is -3.98. The largest absolute Gasteiger partial charge is 0.369 e. The van der Waals surface area contributed by atoms with Crippen molar-refractivity contribution in [2.24, 2.45) is 11.7 Å². The number of aromatic nitrogens is 1. The number of carbonyl (C=O) groups excluding carboxylic acids is 1. The third-order valence-electron chi connectivity index (χ3n) is 3.43. The van der Waals surface area contributed by atoms with Gasteiger partial charge in [-0.25, -0.2) is 22.5 Å². The lowest BCUT2D eigenvalue weighted by Crippen LogP contribution is -2.40. The number of halogens is 1.